The van der Waals surface area contributed by atoms with E-state index in [2.05, 4.69) is 219 Å². The number of aryl methyl sites for hydroxylation is 4. The predicted molar refractivity (Wildman–Crippen MR) is 269 cm³/mol. The molecule has 0 spiro atoms. The second-order valence-corrected chi connectivity index (χ2v) is 51.4. The molecule has 0 saturated carbocycles. The molecular weight excluding hydrogens is 863 g/mol. The third kappa shape index (κ3) is 8.13. The fraction of sp³-hybridized carbons (Fsp3) is 0.286. The average Bonchev–Trinajstić information content (AvgIpc) is 3.79. The monoisotopic (exact) mass is 924 g/mol. The Balaban J connectivity index is 0.00000302. The van der Waals surface area contributed by atoms with Crippen LogP contribution in [0.15, 0.2) is 132 Å². The summed E-state index contributed by atoms with van der Waals surface area (Å²) in [5.74, 6) is 0. The van der Waals surface area contributed by atoms with Crippen molar-refractivity contribution in [3.05, 3.63) is 177 Å². The van der Waals surface area contributed by atoms with Crippen LogP contribution in [0.25, 0.3) is 56.7 Å². The molecule has 0 aliphatic heterocycles. The maximum absolute atomic E-state index is 4.28. The van der Waals surface area contributed by atoms with E-state index in [9.17, 15) is 0 Å². The summed E-state index contributed by atoms with van der Waals surface area (Å²) in [6.07, 6.45) is 5.34. The minimum absolute atomic E-state index is 0. The molecule has 0 radical (unpaired) electrons. The number of benzene rings is 6. The summed E-state index contributed by atoms with van der Waals surface area (Å²) in [5.41, 5.74) is 25.0. The average molecular weight is 927 g/mol. The van der Waals surface area contributed by atoms with Gasteiger partial charge in [-0.05, 0) is 0 Å². The molecule has 0 N–H and O–H groups in total. The summed E-state index contributed by atoms with van der Waals surface area (Å²) < 4.78 is 6.33. The molecule has 2 aliphatic carbocycles. The zero-order valence-corrected chi connectivity index (χ0v) is 43.4. The fourth-order valence-corrected chi connectivity index (χ4v) is 30.0. The Labute approximate surface area is 376 Å². The van der Waals surface area contributed by atoms with Gasteiger partial charge in [0.1, 0.15) is 0 Å². The van der Waals surface area contributed by atoms with E-state index in [-0.39, 0.29) is 35.6 Å². The van der Waals surface area contributed by atoms with Crippen molar-refractivity contribution in [1.29, 1.82) is 0 Å². The summed E-state index contributed by atoms with van der Waals surface area (Å²) in [6, 6.07) is 46.8. The molecule has 60 heavy (non-hydrogen) atoms. The van der Waals surface area contributed by atoms with Gasteiger partial charge in [-0.2, -0.15) is 0 Å². The second kappa shape index (κ2) is 16.3. The van der Waals surface area contributed by atoms with Gasteiger partial charge in [-0.1, -0.05) is 0 Å². The summed E-state index contributed by atoms with van der Waals surface area (Å²) >= 11 is -4.28. The molecule has 6 aromatic rings. The van der Waals surface area contributed by atoms with Crippen LogP contribution in [0.3, 0.4) is 0 Å². The zero-order valence-electron chi connectivity index (χ0n) is 37.9. The Hall–Kier alpha value is -3.52. The number of halogens is 2. The van der Waals surface area contributed by atoms with E-state index < -0.39 is 17.4 Å². The normalized spacial score (nSPS) is 16.3. The minimum atomic E-state index is -4.28. The zero-order chi connectivity index (χ0) is 41.6. The molecule has 310 valence electrons. The van der Waals surface area contributed by atoms with E-state index in [1.54, 1.807) is 22.3 Å². The third-order valence-electron chi connectivity index (χ3n) is 13.5. The maximum atomic E-state index is 2.84. The van der Waals surface area contributed by atoms with Crippen LogP contribution in [0.2, 0.25) is 9.26 Å². The minimum Gasteiger partial charge on any atom is -0.147 e. The van der Waals surface area contributed by atoms with Gasteiger partial charge < -0.3 is 0 Å². The summed E-state index contributed by atoms with van der Waals surface area (Å²) in [5, 5.41) is 0. The third-order valence-corrected chi connectivity index (χ3v) is 30.6. The molecule has 0 heterocycles. The Kier molecular flexibility index (Phi) is 12.5. The van der Waals surface area contributed by atoms with E-state index in [1.807, 2.05) is 0 Å². The molecule has 0 fully saturated rings. The quantitative estimate of drug-likeness (QED) is 0.146. The SMILES string of the molecule is Cc1ccc(-c2ccc(-c3ccc(C)cc3)c3c2C=C(C(C)(C)C)[CH]3[Zr]([CH3])([CH3])(=[SiH2])[CH]2C(C(C)(C)C)=Cc3c(-c4ccc(C)cc4)ccc(-c4ccc(C)cc4)c32)cc1.Cl.Cl. The first-order chi connectivity index (χ1) is 27.2. The smallest absolute Gasteiger partial charge is 0.147 e. The Morgan fingerprint density at radius 2 is 0.617 bits per heavy atom. The number of rotatable bonds is 6. The van der Waals surface area contributed by atoms with Gasteiger partial charge >= 0.3 is 355 Å². The van der Waals surface area contributed by atoms with Crippen LogP contribution >= 0.6 is 24.8 Å². The Bertz CT molecular complexity index is 2530. The number of fused-ring (bicyclic) bond motifs is 2. The van der Waals surface area contributed by atoms with E-state index >= 15 is 0 Å². The molecule has 0 aromatic heterocycles. The van der Waals surface area contributed by atoms with Gasteiger partial charge in [-0.3, -0.25) is 0 Å². The first kappa shape index (κ1) is 46.0. The summed E-state index contributed by atoms with van der Waals surface area (Å²) in [6.45, 7) is 26.1. The molecule has 6 aromatic carbocycles. The van der Waals surface area contributed by atoms with Crippen molar-refractivity contribution in [1.82, 2.24) is 0 Å². The molecule has 4 heteroatoms. The van der Waals surface area contributed by atoms with E-state index in [0.717, 1.165) is 0 Å². The van der Waals surface area contributed by atoms with Gasteiger partial charge in [-0.15, -0.1) is 24.8 Å². The summed E-state index contributed by atoms with van der Waals surface area (Å²) in [4.78, 5) is 0. The van der Waals surface area contributed by atoms with Gasteiger partial charge in [0.05, 0.1) is 0 Å². The Morgan fingerprint density at radius 1 is 0.383 bits per heavy atom. The van der Waals surface area contributed by atoms with Crippen molar-refractivity contribution < 1.29 is 17.4 Å². The van der Waals surface area contributed by atoms with Crippen molar-refractivity contribution in [2.24, 2.45) is 10.8 Å². The van der Waals surface area contributed by atoms with Gasteiger partial charge in [0.2, 0.25) is 0 Å². The van der Waals surface area contributed by atoms with Gasteiger partial charge in [0, 0.05) is 0 Å². The van der Waals surface area contributed by atoms with Crippen LogP contribution < -0.4 is 0 Å². The van der Waals surface area contributed by atoms with Crippen LogP contribution in [0.5, 0.6) is 0 Å². The van der Waals surface area contributed by atoms with Crippen molar-refractivity contribution in [3.63, 3.8) is 0 Å². The molecule has 0 amide bonds. The van der Waals surface area contributed by atoms with Crippen LogP contribution in [0.1, 0.15) is 93.3 Å². The first-order valence-electron chi connectivity index (χ1n) is 21.3. The molecule has 2 aliphatic rings. The number of hydrogen-bond acceptors (Lipinski definition) is 0. The molecule has 0 nitrogen and oxygen atoms in total. The summed E-state index contributed by atoms with van der Waals surface area (Å²) in [7, 11) is 0. The van der Waals surface area contributed by atoms with Crippen LogP contribution in [-0.2, 0) is 17.4 Å². The fourth-order valence-electron chi connectivity index (χ4n) is 10.4. The van der Waals surface area contributed by atoms with Gasteiger partial charge in [-0.25, -0.2) is 0 Å². The predicted octanol–water partition coefficient (Wildman–Crippen LogP) is 16.4. The van der Waals surface area contributed by atoms with Gasteiger partial charge in [0.15, 0.2) is 0 Å². The molecule has 2 atom stereocenters. The van der Waals surface area contributed by atoms with Gasteiger partial charge in [0.25, 0.3) is 0 Å². The van der Waals surface area contributed by atoms with Crippen molar-refractivity contribution in [2.45, 2.75) is 85.8 Å². The molecule has 0 bridgehead atoms. The van der Waals surface area contributed by atoms with Crippen molar-refractivity contribution in [2.75, 3.05) is 0 Å². The van der Waals surface area contributed by atoms with Crippen LogP contribution in [0.4, 0.5) is 0 Å². The number of allylic oxidation sites excluding steroid dienone is 2. The molecular formula is C56H64Cl2SiZr. The topological polar surface area (TPSA) is 0 Å². The standard InChI is InChI=1S/2C27H27.2CH3.2ClH.H2Si.Zr/c2*1-18-6-10-20(11-7-18)23-14-15-24(21-12-8-19(2)9-13-21)26-17-22(16-25(23)26)27(3,4)5;;;;;;/h2*6-17H,1-5H3;2*1H3;2*1H;1H2;. The van der Waals surface area contributed by atoms with Crippen molar-refractivity contribution in [3.8, 4) is 44.5 Å². The largest absolute Gasteiger partial charge is 0.147 e. The molecule has 2 unspecified atom stereocenters. The Morgan fingerprint density at radius 3 is 0.867 bits per heavy atom. The number of hydrogen-bond donors (Lipinski definition) is 0. The molecule has 8 rings (SSSR count). The first-order valence-corrected chi connectivity index (χ1v) is 35.0. The maximum Gasteiger partial charge on any atom is -0.147 e. The second-order valence-electron chi connectivity index (χ2n) is 20.9. The van der Waals surface area contributed by atoms with E-state index in [1.165, 1.54) is 77.9 Å². The van der Waals surface area contributed by atoms with Crippen molar-refractivity contribution >= 4 is 43.8 Å². The van der Waals surface area contributed by atoms with Crippen LogP contribution in [-0.4, -0.2) is 6.88 Å². The molecule has 0 saturated heterocycles. The van der Waals surface area contributed by atoms with Crippen LogP contribution in [0, 0.1) is 38.5 Å². The van der Waals surface area contributed by atoms with E-state index in [4.69, 9.17) is 0 Å². The van der Waals surface area contributed by atoms with E-state index in [0.29, 0.717) is 7.25 Å².